The van der Waals surface area contributed by atoms with Crippen LogP contribution in [0.3, 0.4) is 0 Å². The molecule has 0 aromatic rings. The van der Waals surface area contributed by atoms with Gasteiger partial charge in [0.25, 0.3) is 0 Å². The maximum absolute atomic E-state index is 6.46. The van der Waals surface area contributed by atoms with Gasteiger partial charge in [0.05, 0.1) is 11.7 Å². The zero-order valence-corrected chi connectivity index (χ0v) is 12.5. The predicted octanol–water partition coefficient (Wildman–Crippen LogP) is 3.88. The Kier molecular flexibility index (Phi) is 4.38. The molecule has 2 aliphatic rings. The van der Waals surface area contributed by atoms with Crippen molar-refractivity contribution >= 4 is 0 Å². The minimum atomic E-state index is 0.264. The van der Waals surface area contributed by atoms with Crippen molar-refractivity contribution in [1.29, 1.82) is 0 Å². The van der Waals surface area contributed by atoms with E-state index in [4.69, 9.17) is 10.5 Å². The molecule has 1 spiro atoms. The quantitative estimate of drug-likeness (QED) is 0.828. The van der Waals surface area contributed by atoms with Gasteiger partial charge in [0.1, 0.15) is 0 Å². The lowest BCUT2D eigenvalue weighted by Crippen LogP contribution is -2.34. The van der Waals surface area contributed by atoms with Gasteiger partial charge in [-0.1, -0.05) is 40.0 Å². The van der Waals surface area contributed by atoms with Crippen LogP contribution in [0.5, 0.6) is 0 Å². The molecule has 18 heavy (non-hydrogen) atoms. The summed E-state index contributed by atoms with van der Waals surface area (Å²) in [6.07, 6.45) is 10.9. The molecule has 0 aromatic heterocycles. The van der Waals surface area contributed by atoms with Crippen LogP contribution in [0.15, 0.2) is 0 Å². The number of hydrogen-bond acceptors (Lipinski definition) is 2. The summed E-state index contributed by atoms with van der Waals surface area (Å²) in [6, 6.07) is 0. The van der Waals surface area contributed by atoms with Gasteiger partial charge in [0.2, 0.25) is 0 Å². The summed E-state index contributed by atoms with van der Waals surface area (Å²) in [4.78, 5) is 0. The molecule has 2 atom stereocenters. The average Bonchev–Trinajstić information content (AvgIpc) is 2.68. The van der Waals surface area contributed by atoms with Crippen LogP contribution in [0.25, 0.3) is 0 Å². The molecule has 1 saturated heterocycles. The Hall–Kier alpha value is -0.0800. The molecule has 1 heterocycles. The van der Waals surface area contributed by atoms with Gasteiger partial charge in [-0.15, -0.1) is 0 Å². The Balaban J connectivity index is 1.88. The average molecular weight is 253 g/mol. The smallest absolute Gasteiger partial charge is 0.0687 e. The molecule has 0 amide bonds. The van der Waals surface area contributed by atoms with E-state index in [1.54, 1.807) is 0 Å². The van der Waals surface area contributed by atoms with Crippen LogP contribution in [0.2, 0.25) is 0 Å². The summed E-state index contributed by atoms with van der Waals surface area (Å²) in [7, 11) is 0. The highest BCUT2D eigenvalue weighted by Crippen LogP contribution is 2.44. The number of ether oxygens (including phenoxy) is 1. The fourth-order valence-electron chi connectivity index (χ4n) is 3.75. The third-order valence-corrected chi connectivity index (χ3v) is 5.16. The zero-order chi connectivity index (χ0) is 13.2. The molecule has 1 aliphatic heterocycles. The molecular formula is C16H31NO. The number of hydrogen-bond donors (Lipinski definition) is 1. The fourth-order valence-corrected chi connectivity index (χ4v) is 3.75. The molecule has 0 bridgehead atoms. The molecule has 1 saturated carbocycles. The lowest BCUT2D eigenvalue weighted by Gasteiger charge is -2.35. The molecular weight excluding hydrogens is 222 g/mol. The van der Waals surface area contributed by atoms with Crippen LogP contribution >= 0.6 is 0 Å². The van der Waals surface area contributed by atoms with Crippen LogP contribution in [0.1, 0.15) is 72.1 Å². The lowest BCUT2D eigenvalue weighted by molar-refractivity contribution is -0.0736. The molecule has 2 heteroatoms. The van der Waals surface area contributed by atoms with E-state index in [1.807, 2.05) is 0 Å². The molecule has 0 radical (unpaired) electrons. The maximum atomic E-state index is 6.46. The predicted molar refractivity (Wildman–Crippen MR) is 76.5 cm³/mol. The summed E-state index contributed by atoms with van der Waals surface area (Å²) < 4.78 is 6.46. The standard InChI is InChI=1S/C16H31NO/c1-15(2,3)13(12-17)11-14-7-10-16(18-14)8-5-4-6-9-16/h13-14H,4-12,17H2,1-3H3. The molecule has 2 unspecified atom stereocenters. The molecule has 2 rings (SSSR count). The van der Waals surface area contributed by atoms with Gasteiger partial charge in [0.15, 0.2) is 0 Å². The second-order valence-electron chi connectivity index (χ2n) is 7.56. The van der Waals surface area contributed by atoms with E-state index in [9.17, 15) is 0 Å². The number of nitrogens with two attached hydrogens (primary N) is 1. The molecule has 2 fully saturated rings. The zero-order valence-electron chi connectivity index (χ0n) is 12.5. The van der Waals surface area contributed by atoms with Gasteiger partial charge >= 0.3 is 0 Å². The van der Waals surface area contributed by atoms with E-state index in [0.29, 0.717) is 17.4 Å². The van der Waals surface area contributed by atoms with Gasteiger partial charge in [-0.05, 0) is 50.0 Å². The third-order valence-electron chi connectivity index (χ3n) is 5.16. The van der Waals surface area contributed by atoms with Gasteiger partial charge in [0, 0.05) is 0 Å². The Morgan fingerprint density at radius 2 is 1.83 bits per heavy atom. The van der Waals surface area contributed by atoms with Crippen molar-refractivity contribution < 1.29 is 4.74 Å². The van der Waals surface area contributed by atoms with E-state index in [0.717, 1.165) is 13.0 Å². The van der Waals surface area contributed by atoms with Crippen molar-refractivity contribution in [2.45, 2.75) is 83.8 Å². The molecule has 0 aromatic carbocycles. The summed E-state index contributed by atoms with van der Waals surface area (Å²) >= 11 is 0. The highest BCUT2D eigenvalue weighted by Gasteiger charge is 2.41. The van der Waals surface area contributed by atoms with E-state index in [1.165, 1.54) is 44.9 Å². The van der Waals surface area contributed by atoms with Gasteiger partial charge in [-0.3, -0.25) is 0 Å². The Bertz CT molecular complexity index is 263. The van der Waals surface area contributed by atoms with E-state index < -0.39 is 0 Å². The minimum absolute atomic E-state index is 0.264. The largest absolute Gasteiger partial charge is 0.372 e. The molecule has 106 valence electrons. The summed E-state index contributed by atoms with van der Waals surface area (Å²) in [6.45, 7) is 7.69. The Morgan fingerprint density at radius 1 is 1.17 bits per heavy atom. The highest BCUT2D eigenvalue weighted by molar-refractivity contribution is 4.92. The van der Waals surface area contributed by atoms with Crippen molar-refractivity contribution in [2.75, 3.05) is 6.54 Å². The normalized spacial score (nSPS) is 29.7. The van der Waals surface area contributed by atoms with Crippen molar-refractivity contribution in [1.82, 2.24) is 0 Å². The van der Waals surface area contributed by atoms with Crippen LogP contribution in [0.4, 0.5) is 0 Å². The first-order chi connectivity index (χ1) is 8.45. The third kappa shape index (κ3) is 3.27. The van der Waals surface area contributed by atoms with E-state index in [2.05, 4.69) is 20.8 Å². The van der Waals surface area contributed by atoms with Crippen LogP contribution < -0.4 is 5.73 Å². The monoisotopic (exact) mass is 253 g/mol. The van der Waals surface area contributed by atoms with E-state index >= 15 is 0 Å². The fraction of sp³-hybridized carbons (Fsp3) is 1.00. The maximum Gasteiger partial charge on any atom is 0.0687 e. The second kappa shape index (κ2) is 5.50. The van der Waals surface area contributed by atoms with E-state index in [-0.39, 0.29) is 5.60 Å². The van der Waals surface area contributed by atoms with Crippen molar-refractivity contribution in [2.24, 2.45) is 17.1 Å². The lowest BCUT2D eigenvalue weighted by atomic mass is 9.77. The van der Waals surface area contributed by atoms with Crippen molar-refractivity contribution in [3.63, 3.8) is 0 Å². The molecule has 2 nitrogen and oxygen atoms in total. The van der Waals surface area contributed by atoms with Gasteiger partial charge < -0.3 is 10.5 Å². The first kappa shape index (κ1) is 14.3. The molecule has 2 N–H and O–H groups in total. The first-order valence-electron chi connectivity index (χ1n) is 7.83. The first-order valence-corrected chi connectivity index (χ1v) is 7.83. The topological polar surface area (TPSA) is 35.2 Å². The summed E-state index contributed by atoms with van der Waals surface area (Å²) in [5.41, 5.74) is 6.52. The van der Waals surface area contributed by atoms with Gasteiger partial charge in [-0.2, -0.15) is 0 Å². The molecule has 1 aliphatic carbocycles. The summed E-state index contributed by atoms with van der Waals surface area (Å²) in [5.74, 6) is 0.584. The SMILES string of the molecule is CC(C)(C)C(CN)CC1CCC2(CCCCC2)O1. The number of rotatable bonds is 3. The summed E-state index contributed by atoms with van der Waals surface area (Å²) in [5, 5.41) is 0. The van der Waals surface area contributed by atoms with Crippen molar-refractivity contribution in [3.05, 3.63) is 0 Å². The highest BCUT2D eigenvalue weighted by atomic mass is 16.5. The second-order valence-corrected chi connectivity index (χ2v) is 7.56. The minimum Gasteiger partial charge on any atom is -0.372 e. The van der Waals surface area contributed by atoms with Crippen molar-refractivity contribution in [3.8, 4) is 0 Å². The van der Waals surface area contributed by atoms with Crippen LogP contribution in [-0.4, -0.2) is 18.2 Å². The Labute approximate surface area is 113 Å². The Morgan fingerprint density at radius 3 is 2.39 bits per heavy atom. The van der Waals surface area contributed by atoms with Gasteiger partial charge in [-0.25, -0.2) is 0 Å². The van der Waals surface area contributed by atoms with Crippen LogP contribution in [0, 0.1) is 11.3 Å². The van der Waals surface area contributed by atoms with Crippen LogP contribution in [-0.2, 0) is 4.74 Å².